The van der Waals surface area contributed by atoms with Crippen molar-refractivity contribution in [3.05, 3.63) is 0 Å². The molecule has 0 radical (unpaired) electrons. The highest BCUT2D eigenvalue weighted by molar-refractivity contribution is 7.98. The van der Waals surface area contributed by atoms with Gasteiger partial charge in [0.2, 0.25) is 0 Å². The van der Waals surface area contributed by atoms with Crippen molar-refractivity contribution in [3.63, 3.8) is 0 Å². The predicted molar refractivity (Wildman–Crippen MR) is 62.5 cm³/mol. The first-order valence-corrected chi connectivity index (χ1v) is 6.96. The van der Waals surface area contributed by atoms with Crippen molar-refractivity contribution in [3.8, 4) is 0 Å². The van der Waals surface area contributed by atoms with Crippen molar-refractivity contribution in [2.45, 2.75) is 51.0 Å². The minimum atomic E-state index is 0.555. The van der Waals surface area contributed by atoms with Crippen LogP contribution in [0.2, 0.25) is 0 Å². The van der Waals surface area contributed by atoms with Crippen LogP contribution in [0.5, 0.6) is 0 Å². The first kappa shape index (κ1) is 11.4. The van der Waals surface area contributed by atoms with Crippen LogP contribution < -0.4 is 5.32 Å². The number of rotatable bonds is 7. The maximum Gasteiger partial charge on any atom is 0.0178 e. The lowest BCUT2D eigenvalue weighted by Crippen LogP contribution is -2.50. The first-order valence-electron chi connectivity index (χ1n) is 5.57. The van der Waals surface area contributed by atoms with Crippen molar-refractivity contribution in [2.75, 3.05) is 18.6 Å². The molecule has 1 aliphatic rings. The Kier molecular flexibility index (Phi) is 5.18. The second-order valence-corrected chi connectivity index (χ2v) is 5.10. The van der Waals surface area contributed by atoms with E-state index in [1.165, 1.54) is 50.8 Å². The van der Waals surface area contributed by atoms with Gasteiger partial charge in [-0.2, -0.15) is 11.8 Å². The van der Waals surface area contributed by atoms with Crippen LogP contribution in [0.25, 0.3) is 0 Å². The Hall–Kier alpha value is 0.310. The smallest absolute Gasteiger partial charge is 0.0178 e. The monoisotopic (exact) mass is 201 g/mol. The normalized spacial score (nSPS) is 19.8. The van der Waals surface area contributed by atoms with E-state index in [0.29, 0.717) is 5.54 Å². The van der Waals surface area contributed by atoms with Gasteiger partial charge in [-0.15, -0.1) is 0 Å². The molecule has 0 aromatic heterocycles. The van der Waals surface area contributed by atoms with Crippen LogP contribution in [0.15, 0.2) is 0 Å². The third-order valence-corrected chi connectivity index (χ3v) is 3.96. The maximum atomic E-state index is 3.73. The highest BCUT2D eigenvalue weighted by atomic mass is 32.2. The van der Waals surface area contributed by atoms with Crippen molar-refractivity contribution in [1.29, 1.82) is 0 Å². The van der Waals surface area contributed by atoms with Gasteiger partial charge in [0.05, 0.1) is 0 Å². The summed E-state index contributed by atoms with van der Waals surface area (Å²) in [6.45, 7) is 3.54. The molecule has 0 amide bonds. The van der Waals surface area contributed by atoms with Gasteiger partial charge in [-0.1, -0.05) is 6.92 Å². The van der Waals surface area contributed by atoms with E-state index >= 15 is 0 Å². The fourth-order valence-electron chi connectivity index (χ4n) is 1.98. The van der Waals surface area contributed by atoms with Crippen LogP contribution in [-0.2, 0) is 0 Å². The highest BCUT2D eigenvalue weighted by Crippen LogP contribution is 2.34. The first-order chi connectivity index (χ1) is 6.33. The van der Waals surface area contributed by atoms with Gasteiger partial charge in [-0.25, -0.2) is 0 Å². The Morgan fingerprint density at radius 1 is 1.31 bits per heavy atom. The van der Waals surface area contributed by atoms with E-state index < -0.39 is 0 Å². The third-order valence-electron chi connectivity index (χ3n) is 3.26. The Morgan fingerprint density at radius 3 is 2.54 bits per heavy atom. The van der Waals surface area contributed by atoms with Crippen LogP contribution in [0, 0.1) is 0 Å². The molecule has 78 valence electrons. The highest BCUT2D eigenvalue weighted by Gasteiger charge is 2.33. The summed E-state index contributed by atoms with van der Waals surface area (Å²) in [6, 6.07) is 0. The minimum absolute atomic E-state index is 0.555. The third kappa shape index (κ3) is 3.51. The fourth-order valence-corrected chi connectivity index (χ4v) is 2.48. The Labute approximate surface area is 87.1 Å². The molecule has 0 aromatic carbocycles. The number of hydrogen-bond acceptors (Lipinski definition) is 2. The molecule has 1 aliphatic carbocycles. The van der Waals surface area contributed by atoms with Gasteiger partial charge in [0, 0.05) is 5.54 Å². The van der Waals surface area contributed by atoms with Gasteiger partial charge in [-0.05, 0) is 57.1 Å². The van der Waals surface area contributed by atoms with Crippen molar-refractivity contribution >= 4 is 11.8 Å². The van der Waals surface area contributed by atoms with Crippen LogP contribution >= 0.6 is 11.8 Å². The fraction of sp³-hybridized carbons (Fsp3) is 1.00. The van der Waals surface area contributed by atoms with E-state index in [4.69, 9.17) is 0 Å². The zero-order chi connectivity index (χ0) is 9.57. The van der Waals surface area contributed by atoms with Gasteiger partial charge in [0.15, 0.2) is 0 Å². The van der Waals surface area contributed by atoms with E-state index in [1.54, 1.807) is 0 Å². The maximum absolute atomic E-state index is 3.73. The Balaban J connectivity index is 1.98. The summed E-state index contributed by atoms with van der Waals surface area (Å²) >= 11 is 1.96. The molecule has 0 spiro atoms. The van der Waals surface area contributed by atoms with Crippen molar-refractivity contribution in [2.24, 2.45) is 0 Å². The SMILES string of the molecule is CCC1(NCCCCSC)CCC1. The van der Waals surface area contributed by atoms with E-state index in [2.05, 4.69) is 18.5 Å². The van der Waals surface area contributed by atoms with Crippen LogP contribution in [0.3, 0.4) is 0 Å². The summed E-state index contributed by atoms with van der Waals surface area (Å²) in [5.74, 6) is 1.32. The molecule has 0 heterocycles. The molecule has 1 saturated carbocycles. The molecular weight excluding hydrogens is 178 g/mol. The molecule has 2 heteroatoms. The lowest BCUT2D eigenvalue weighted by molar-refractivity contribution is 0.177. The van der Waals surface area contributed by atoms with Crippen LogP contribution in [0.4, 0.5) is 0 Å². The topological polar surface area (TPSA) is 12.0 Å². The largest absolute Gasteiger partial charge is 0.311 e. The van der Waals surface area contributed by atoms with E-state index in [9.17, 15) is 0 Å². The molecule has 13 heavy (non-hydrogen) atoms. The van der Waals surface area contributed by atoms with Gasteiger partial charge in [-0.3, -0.25) is 0 Å². The van der Waals surface area contributed by atoms with Gasteiger partial charge < -0.3 is 5.32 Å². The summed E-state index contributed by atoms with van der Waals surface area (Å²) < 4.78 is 0. The molecule has 1 fully saturated rings. The lowest BCUT2D eigenvalue weighted by atomic mass is 9.75. The van der Waals surface area contributed by atoms with Crippen LogP contribution in [-0.4, -0.2) is 24.1 Å². The number of unbranched alkanes of at least 4 members (excludes halogenated alkanes) is 1. The molecule has 0 atom stereocenters. The number of hydrogen-bond donors (Lipinski definition) is 1. The van der Waals surface area contributed by atoms with E-state index in [1.807, 2.05) is 11.8 Å². The molecule has 0 unspecified atom stereocenters. The van der Waals surface area contributed by atoms with E-state index in [-0.39, 0.29) is 0 Å². The lowest BCUT2D eigenvalue weighted by Gasteiger charge is -2.42. The summed E-state index contributed by atoms with van der Waals surface area (Å²) in [5.41, 5.74) is 0.555. The zero-order valence-electron chi connectivity index (χ0n) is 9.07. The predicted octanol–water partition coefficient (Wildman–Crippen LogP) is 3.05. The van der Waals surface area contributed by atoms with Crippen molar-refractivity contribution in [1.82, 2.24) is 5.32 Å². The molecule has 0 bridgehead atoms. The second-order valence-electron chi connectivity index (χ2n) is 4.11. The van der Waals surface area contributed by atoms with Crippen molar-refractivity contribution < 1.29 is 0 Å². The molecule has 0 aromatic rings. The molecule has 0 saturated heterocycles. The number of nitrogens with one attached hydrogen (secondary N) is 1. The average molecular weight is 201 g/mol. The minimum Gasteiger partial charge on any atom is -0.311 e. The second kappa shape index (κ2) is 5.92. The standard InChI is InChI=1S/C11H23NS/c1-3-11(7-6-8-11)12-9-4-5-10-13-2/h12H,3-10H2,1-2H3. The zero-order valence-corrected chi connectivity index (χ0v) is 9.88. The van der Waals surface area contributed by atoms with Gasteiger partial charge >= 0.3 is 0 Å². The summed E-state index contributed by atoms with van der Waals surface area (Å²) in [4.78, 5) is 0. The van der Waals surface area contributed by atoms with Crippen LogP contribution in [0.1, 0.15) is 45.4 Å². The molecule has 1 N–H and O–H groups in total. The molecule has 1 nitrogen and oxygen atoms in total. The molecular formula is C11H23NS. The van der Waals surface area contributed by atoms with Gasteiger partial charge in [0.1, 0.15) is 0 Å². The summed E-state index contributed by atoms with van der Waals surface area (Å²) in [6.07, 6.45) is 10.5. The molecule has 0 aliphatic heterocycles. The van der Waals surface area contributed by atoms with E-state index in [0.717, 1.165) is 0 Å². The Morgan fingerprint density at radius 2 is 2.08 bits per heavy atom. The average Bonchev–Trinajstić information content (AvgIpc) is 2.09. The Bertz CT molecular complexity index is 127. The molecule has 1 rings (SSSR count). The number of thioether (sulfide) groups is 1. The van der Waals surface area contributed by atoms with Gasteiger partial charge in [0.25, 0.3) is 0 Å². The summed E-state index contributed by atoms with van der Waals surface area (Å²) in [7, 11) is 0. The quantitative estimate of drug-likeness (QED) is 0.635. The summed E-state index contributed by atoms with van der Waals surface area (Å²) in [5, 5.41) is 3.73.